The van der Waals surface area contributed by atoms with Crippen molar-refractivity contribution in [2.45, 2.75) is 13.0 Å². The van der Waals surface area contributed by atoms with E-state index in [1.165, 1.54) is 0 Å². The zero-order chi connectivity index (χ0) is 10.4. The fourth-order valence-corrected chi connectivity index (χ4v) is 1.82. The molecule has 1 aromatic heterocycles. The van der Waals surface area contributed by atoms with Crippen LogP contribution in [-0.4, -0.2) is 30.1 Å². The van der Waals surface area contributed by atoms with Crippen LogP contribution in [0.4, 0.5) is 11.4 Å². The van der Waals surface area contributed by atoms with Gasteiger partial charge in [0.15, 0.2) is 0 Å². The first-order chi connectivity index (χ1) is 6.76. The highest BCUT2D eigenvalue weighted by Gasteiger charge is 2.01. The lowest BCUT2D eigenvalue weighted by Crippen LogP contribution is -2.17. The first kappa shape index (κ1) is 11.2. The molecule has 2 N–H and O–H groups in total. The largest absolute Gasteiger partial charge is 0.387 e. The molecule has 0 saturated heterocycles. The molecule has 0 aliphatic rings. The van der Waals surface area contributed by atoms with Crippen LogP contribution < -0.4 is 10.6 Å². The molecule has 4 heteroatoms. The van der Waals surface area contributed by atoms with Gasteiger partial charge in [0.1, 0.15) is 0 Å². The minimum atomic E-state index is 0.471. The van der Waals surface area contributed by atoms with Crippen molar-refractivity contribution in [2.75, 3.05) is 29.7 Å². The predicted molar refractivity (Wildman–Crippen MR) is 65.3 cm³/mol. The number of hydrogen-bond acceptors (Lipinski definition) is 4. The molecule has 1 rings (SSSR count). The van der Waals surface area contributed by atoms with Gasteiger partial charge in [0.05, 0.1) is 23.8 Å². The van der Waals surface area contributed by atoms with Crippen LogP contribution in [0.3, 0.4) is 0 Å². The maximum absolute atomic E-state index is 4.14. The van der Waals surface area contributed by atoms with E-state index in [2.05, 4.69) is 34.9 Å². The third-order valence-electron chi connectivity index (χ3n) is 1.86. The summed E-state index contributed by atoms with van der Waals surface area (Å²) in [5, 5.41) is 6.46. The van der Waals surface area contributed by atoms with Crippen LogP contribution >= 0.6 is 11.8 Å². The lowest BCUT2D eigenvalue weighted by molar-refractivity contribution is 0.912. The van der Waals surface area contributed by atoms with E-state index in [4.69, 9.17) is 0 Å². The van der Waals surface area contributed by atoms with Crippen LogP contribution in [0.25, 0.3) is 0 Å². The fourth-order valence-electron chi connectivity index (χ4n) is 1.23. The Kier molecular flexibility index (Phi) is 4.59. The molecule has 78 valence electrons. The molecule has 0 radical (unpaired) electrons. The molecular formula is C10H17N3S. The molecule has 14 heavy (non-hydrogen) atoms. The quantitative estimate of drug-likeness (QED) is 0.783. The Bertz CT molecular complexity index is 278. The Morgan fingerprint density at radius 1 is 1.43 bits per heavy atom. The molecule has 0 aliphatic heterocycles. The summed E-state index contributed by atoms with van der Waals surface area (Å²) in [6.45, 7) is 2.17. The Morgan fingerprint density at radius 3 is 2.79 bits per heavy atom. The second kappa shape index (κ2) is 5.75. The molecule has 0 aromatic carbocycles. The van der Waals surface area contributed by atoms with Crippen LogP contribution in [0.1, 0.15) is 6.92 Å². The van der Waals surface area contributed by atoms with Crippen molar-refractivity contribution in [2.24, 2.45) is 0 Å². The van der Waals surface area contributed by atoms with Crippen LogP contribution in [0.15, 0.2) is 18.5 Å². The average Bonchev–Trinajstić information content (AvgIpc) is 2.18. The molecule has 1 aromatic rings. The predicted octanol–water partition coefficient (Wildman–Crippen LogP) is 2.29. The summed E-state index contributed by atoms with van der Waals surface area (Å²) in [7, 11) is 1.89. The van der Waals surface area contributed by atoms with E-state index in [1.54, 1.807) is 0 Å². The normalized spacial score (nSPS) is 12.2. The molecule has 3 nitrogen and oxygen atoms in total. The highest BCUT2D eigenvalue weighted by Crippen LogP contribution is 2.13. The van der Waals surface area contributed by atoms with Crippen molar-refractivity contribution in [3.63, 3.8) is 0 Å². The molecule has 0 fully saturated rings. The van der Waals surface area contributed by atoms with Crippen molar-refractivity contribution < 1.29 is 0 Å². The number of aromatic nitrogens is 1. The fraction of sp³-hybridized carbons (Fsp3) is 0.500. The van der Waals surface area contributed by atoms with Gasteiger partial charge in [-0.1, -0.05) is 0 Å². The van der Waals surface area contributed by atoms with E-state index in [0.29, 0.717) is 6.04 Å². The number of pyridine rings is 1. The number of anilines is 2. The van der Waals surface area contributed by atoms with Crippen LogP contribution in [0.5, 0.6) is 0 Å². The Hall–Kier alpha value is -0.900. The molecule has 0 spiro atoms. The van der Waals surface area contributed by atoms with Gasteiger partial charge in [-0.2, -0.15) is 11.8 Å². The lowest BCUT2D eigenvalue weighted by atomic mass is 10.3. The molecule has 0 bridgehead atoms. The molecular weight excluding hydrogens is 194 g/mol. The second-order valence-corrected chi connectivity index (χ2v) is 4.12. The minimum Gasteiger partial charge on any atom is -0.387 e. The number of hydrogen-bond donors (Lipinski definition) is 2. The van der Waals surface area contributed by atoms with Gasteiger partial charge in [0.25, 0.3) is 0 Å². The van der Waals surface area contributed by atoms with Crippen molar-refractivity contribution >= 4 is 23.1 Å². The van der Waals surface area contributed by atoms with E-state index in [0.717, 1.165) is 17.1 Å². The third kappa shape index (κ3) is 3.46. The van der Waals surface area contributed by atoms with E-state index in [-0.39, 0.29) is 0 Å². The van der Waals surface area contributed by atoms with Crippen molar-refractivity contribution in [3.8, 4) is 0 Å². The summed E-state index contributed by atoms with van der Waals surface area (Å²) in [6.07, 6.45) is 5.77. The minimum absolute atomic E-state index is 0.471. The van der Waals surface area contributed by atoms with Gasteiger partial charge in [0, 0.05) is 18.8 Å². The van der Waals surface area contributed by atoms with Gasteiger partial charge in [-0.15, -0.1) is 0 Å². The van der Waals surface area contributed by atoms with Gasteiger partial charge in [0.2, 0.25) is 0 Å². The summed E-state index contributed by atoms with van der Waals surface area (Å²) in [5.41, 5.74) is 2.10. The van der Waals surface area contributed by atoms with Crippen molar-refractivity contribution in [3.05, 3.63) is 18.5 Å². The van der Waals surface area contributed by atoms with Gasteiger partial charge in [-0.05, 0) is 19.2 Å². The maximum Gasteiger partial charge on any atom is 0.0549 e. The molecule has 1 heterocycles. The zero-order valence-corrected chi connectivity index (χ0v) is 9.69. The van der Waals surface area contributed by atoms with Crippen LogP contribution in [-0.2, 0) is 0 Å². The van der Waals surface area contributed by atoms with E-state index < -0.39 is 0 Å². The smallest absolute Gasteiger partial charge is 0.0549 e. The van der Waals surface area contributed by atoms with Crippen LogP contribution in [0.2, 0.25) is 0 Å². The highest BCUT2D eigenvalue weighted by molar-refractivity contribution is 7.98. The van der Waals surface area contributed by atoms with Crippen molar-refractivity contribution in [1.29, 1.82) is 0 Å². The molecule has 1 unspecified atom stereocenters. The monoisotopic (exact) mass is 211 g/mol. The molecule has 0 aliphatic carbocycles. The summed E-state index contributed by atoms with van der Waals surface area (Å²) in [5.74, 6) is 1.10. The van der Waals surface area contributed by atoms with Gasteiger partial charge < -0.3 is 10.6 Å². The number of nitrogens with one attached hydrogen (secondary N) is 2. The zero-order valence-electron chi connectivity index (χ0n) is 8.87. The van der Waals surface area contributed by atoms with Gasteiger partial charge >= 0.3 is 0 Å². The lowest BCUT2D eigenvalue weighted by Gasteiger charge is -2.14. The summed E-state index contributed by atoms with van der Waals surface area (Å²) in [6, 6.07) is 2.53. The topological polar surface area (TPSA) is 37.0 Å². The van der Waals surface area contributed by atoms with E-state index in [9.17, 15) is 0 Å². The number of thioether (sulfide) groups is 1. The van der Waals surface area contributed by atoms with E-state index >= 15 is 0 Å². The molecule has 0 saturated carbocycles. The Labute approximate surface area is 89.7 Å². The number of rotatable bonds is 5. The third-order valence-corrected chi connectivity index (χ3v) is 2.69. The second-order valence-electron chi connectivity index (χ2n) is 3.21. The summed E-state index contributed by atoms with van der Waals surface area (Å²) >= 11 is 1.84. The maximum atomic E-state index is 4.14. The SMILES string of the molecule is CNc1cncc(NC(C)CSC)c1. The Morgan fingerprint density at radius 2 is 2.14 bits per heavy atom. The average molecular weight is 211 g/mol. The Balaban J connectivity index is 2.57. The van der Waals surface area contributed by atoms with E-state index in [1.807, 2.05) is 31.2 Å². The first-order valence-corrected chi connectivity index (χ1v) is 6.04. The van der Waals surface area contributed by atoms with Crippen LogP contribution in [0, 0.1) is 0 Å². The van der Waals surface area contributed by atoms with Gasteiger partial charge in [-0.3, -0.25) is 4.98 Å². The molecule has 1 atom stereocenters. The molecule has 0 amide bonds. The highest BCUT2D eigenvalue weighted by atomic mass is 32.2. The number of nitrogens with zero attached hydrogens (tertiary/aromatic N) is 1. The van der Waals surface area contributed by atoms with Crippen molar-refractivity contribution in [1.82, 2.24) is 4.98 Å². The standard InChI is InChI=1S/C10H17N3S/c1-8(7-14-3)13-10-4-9(11-2)5-12-6-10/h4-6,8,11,13H,7H2,1-3H3. The summed E-state index contributed by atoms with van der Waals surface area (Å²) in [4.78, 5) is 4.14. The van der Waals surface area contributed by atoms with Gasteiger partial charge in [-0.25, -0.2) is 0 Å². The summed E-state index contributed by atoms with van der Waals surface area (Å²) < 4.78 is 0. The first-order valence-electron chi connectivity index (χ1n) is 4.64.